The Morgan fingerprint density at radius 3 is 2.77 bits per heavy atom. The number of amides is 1. The second-order valence-electron chi connectivity index (χ2n) is 2.23. The van der Waals surface area contributed by atoms with Crippen LogP contribution in [0.15, 0.2) is 24.3 Å². The van der Waals surface area contributed by atoms with Gasteiger partial charge in [-0.3, -0.25) is 19.3 Å². The van der Waals surface area contributed by atoms with Gasteiger partial charge in [0, 0.05) is 33.8 Å². The van der Waals surface area contributed by atoms with Crippen molar-refractivity contribution in [2.24, 2.45) is 0 Å². The number of nitro benzene ring substituents is 1. The molecule has 0 aliphatic rings. The zero-order chi connectivity index (χ0) is 9.84. The minimum Gasteiger partial charge on any atom is -0.289 e. The van der Waals surface area contributed by atoms with Crippen molar-refractivity contribution in [1.29, 1.82) is 0 Å². The van der Waals surface area contributed by atoms with Crippen molar-refractivity contribution in [3.8, 4) is 0 Å². The lowest BCUT2D eigenvalue weighted by molar-refractivity contribution is -0.384. The Morgan fingerprint density at radius 2 is 2.23 bits per heavy atom. The molecule has 0 spiro atoms. The SMILES string of the molecule is O=C(NBr)c1cccc([N+](=O)[O-])c1. The fraction of sp³-hybridized carbons (Fsp3) is 0. The van der Waals surface area contributed by atoms with Crippen molar-refractivity contribution in [3.63, 3.8) is 0 Å². The second-order valence-corrected chi connectivity index (χ2v) is 2.63. The highest BCUT2D eigenvalue weighted by atomic mass is 79.9. The number of hydrogen-bond acceptors (Lipinski definition) is 3. The predicted octanol–water partition coefficient (Wildman–Crippen LogP) is 1.63. The van der Waals surface area contributed by atoms with Crippen molar-refractivity contribution in [3.05, 3.63) is 39.9 Å². The maximum Gasteiger partial charge on any atom is 0.270 e. The van der Waals surface area contributed by atoms with Gasteiger partial charge in [-0.25, -0.2) is 0 Å². The minimum absolute atomic E-state index is 0.103. The van der Waals surface area contributed by atoms with Crippen LogP contribution in [0.3, 0.4) is 0 Å². The molecule has 0 bridgehead atoms. The Morgan fingerprint density at radius 1 is 1.54 bits per heavy atom. The van der Waals surface area contributed by atoms with E-state index in [0.29, 0.717) is 0 Å². The number of non-ortho nitro benzene ring substituents is 1. The quantitative estimate of drug-likeness (QED) is 0.489. The molecule has 1 amide bonds. The Labute approximate surface area is 82.2 Å². The summed E-state index contributed by atoms with van der Waals surface area (Å²) in [5.74, 6) is -0.413. The molecule has 0 radical (unpaired) electrons. The molecule has 0 heterocycles. The van der Waals surface area contributed by atoms with Gasteiger partial charge in [-0.1, -0.05) is 6.07 Å². The van der Waals surface area contributed by atoms with Crippen LogP contribution in [0.25, 0.3) is 0 Å². The normalized spacial score (nSPS) is 9.31. The van der Waals surface area contributed by atoms with E-state index in [1.165, 1.54) is 24.3 Å². The van der Waals surface area contributed by atoms with Gasteiger partial charge in [-0.05, 0) is 6.07 Å². The molecule has 1 N–H and O–H groups in total. The molecule has 0 atom stereocenters. The average Bonchev–Trinajstić information content (AvgIpc) is 2.17. The molecule has 0 saturated carbocycles. The van der Waals surface area contributed by atoms with Gasteiger partial charge in [0.25, 0.3) is 11.6 Å². The molecule has 13 heavy (non-hydrogen) atoms. The van der Waals surface area contributed by atoms with Crippen LogP contribution in [0.4, 0.5) is 5.69 Å². The zero-order valence-corrected chi connectivity index (χ0v) is 7.95. The molecule has 1 rings (SSSR count). The average molecular weight is 245 g/mol. The lowest BCUT2D eigenvalue weighted by Gasteiger charge is -1.96. The van der Waals surface area contributed by atoms with Gasteiger partial charge in [-0.15, -0.1) is 0 Å². The van der Waals surface area contributed by atoms with E-state index in [1.807, 2.05) is 0 Å². The number of rotatable bonds is 2. The summed E-state index contributed by atoms with van der Waals surface area (Å²) < 4.78 is 2.20. The number of nitro groups is 1. The molecule has 1 aromatic rings. The summed E-state index contributed by atoms with van der Waals surface area (Å²) in [5.41, 5.74) is 0.139. The third-order valence-corrected chi connectivity index (χ3v) is 1.77. The van der Waals surface area contributed by atoms with Crippen molar-refractivity contribution in [2.75, 3.05) is 0 Å². The lowest BCUT2D eigenvalue weighted by Crippen LogP contribution is -2.11. The lowest BCUT2D eigenvalue weighted by atomic mass is 10.2. The molecule has 5 nitrogen and oxygen atoms in total. The van der Waals surface area contributed by atoms with Gasteiger partial charge in [-0.2, -0.15) is 0 Å². The Balaban J connectivity index is 3.05. The topological polar surface area (TPSA) is 72.2 Å². The van der Waals surface area contributed by atoms with Gasteiger partial charge in [0.1, 0.15) is 0 Å². The van der Waals surface area contributed by atoms with E-state index in [0.717, 1.165) is 0 Å². The molecular weight excluding hydrogens is 240 g/mol. The van der Waals surface area contributed by atoms with Crippen LogP contribution < -0.4 is 4.34 Å². The van der Waals surface area contributed by atoms with Gasteiger partial charge in [0.15, 0.2) is 0 Å². The predicted molar refractivity (Wildman–Crippen MR) is 49.5 cm³/mol. The second kappa shape index (κ2) is 3.99. The van der Waals surface area contributed by atoms with Crippen LogP contribution in [0.2, 0.25) is 0 Å². The highest BCUT2D eigenvalue weighted by molar-refractivity contribution is 9.08. The van der Waals surface area contributed by atoms with Crippen LogP contribution >= 0.6 is 16.1 Å². The summed E-state index contributed by atoms with van der Waals surface area (Å²) >= 11 is 2.74. The summed E-state index contributed by atoms with van der Waals surface area (Å²) in [7, 11) is 0. The molecule has 0 saturated heterocycles. The summed E-state index contributed by atoms with van der Waals surface area (Å²) in [4.78, 5) is 20.8. The number of carbonyl (C=O) groups excluding carboxylic acids is 1. The number of benzene rings is 1. The molecule has 0 aliphatic heterocycles. The summed E-state index contributed by atoms with van der Waals surface area (Å²) in [6, 6.07) is 5.47. The van der Waals surface area contributed by atoms with Crippen molar-refractivity contribution < 1.29 is 9.72 Å². The summed E-state index contributed by atoms with van der Waals surface area (Å²) in [6.07, 6.45) is 0. The van der Waals surface area contributed by atoms with Crippen LogP contribution in [0, 0.1) is 10.1 Å². The summed E-state index contributed by atoms with van der Waals surface area (Å²) in [6.45, 7) is 0. The fourth-order valence-electron chi connectivity index (χ4n) is 0.815. The van der Waals surface area contributed by atoms with Gasteiger partial charge < -0.3 is 0 Å². The van der Waals surface area contributed by atoms with E-state index in [2.05, 4.69) is 20.5 Å². The van der Waals surface area contributed by atoms with Crippen molar-refractivity contribution in [2.45, 2.75) is 0 Å². The Bertz CT molecular complexity index is 353. The first-order valence-corrected chi connectivity index (χ1v) is 4.10. The Hall–Kier alpha value is -1.43. The van der Waals surface area contributed by atoms with Crippen LogP contribution in [-0.2, 0) is 0 Å². The van der Waals surface area contributed by atoms with E-state index in [9.17, 15) is 14.9 Å². The molecule has 68 valence electrons. The molecule has 1 aromatic carbocycles. The molecule has 0 aromatic heterocycles. The number of nitrogens with one attached hydrogen (secondary N) is 1. The minimum atomic E-state index is -0.551. The van der Waals surface area contributed by atoms with Crippen LogP contribution in [0.5, 0.6) is 0 Å². The third-order valence-electron chi connectivity index (χ3n) is 1.40. The summed E-state index contributed by atoms with van der Waals surface area (Å²) in [5, 5.41) is 10.3. The Kier molecular flexibility index (Phi) is 2.97. The molecular formula is C7H5BrN2O3. The van der Waals surface area contributed by atoms with E-state index >= 15 is 0 Å². The van der Waals surface area contributed by atoms with Gasteiger partial charge in [0.2, 0.25) is 0 Å². The fourth-order valence-corrected chi connectivity index (χ4v) is 1.04. The molecule has 6 heteroatoms. The van der Waals surface area contributed by atoms with Gasteiger partial charge in [0.05, 0.1) is 4.92 Å². The number of nitrogens with zero attached hydrogens (tertiary/aromatic N) is 1. The van der Waals surface area contributed by atoms with Crippen LogP contribution in [-0.4, -0.2) is 10.8 Å². The molecule has 0 fully saturated rings. The number of carbonyl (C=O) groups is 1. The molecule has 0 aliphatic carbocycles. The van der Waals surface area contributed by atoms with Gasteiger partial charge >= 0.3 is 0 Å². The first-order chi connectivity index (χ1) is 6.15. The first kappa shape index (κ1) is 9.66. The molecule has 0 unspecified atom stereocenters. The smallest absolute Gasteiger partial charge is 0.270 e. The first-order valence-electron chi connectivity index (χ1n) is 3.30. The standard InChI is InChI=1S/C7H5BrN2O3/c8-9-7(11)5-2-1-3-6(4-5)10(12)13/h1-4H,(H,9,11). The van der Waals surface area contributed by atoms with Crippen LogP contribution in [0.1, 0.15) is 10.4 Å². The highest BCUT2D eigenvalue weighted by Gasteiger charge is 2.09. The largest absolute Gasteiger partial charge is 0.289 e. The van der Waals surface area contributed by atoms with Crippen molar-refractivity contribution >= 4 is 27.7 Å². The van der Waals surface area contributed by atoms with E-state index in [-0.39, 0.29) is 11.3 Å². The van der Waals surface area contributed by atoms with E-state index in [4.69, 9.17) is 0 Å². The van der Waals surface area contributed by atoms with E-state index in [1.54, 1.807) is 0 Å². The number of hydrogen-bond donors (Lipinski definition) is 1. The zero-order valence-electron chi connectivity index (χ0n) is 6.36. The third kappa shape index (κ3) is 2.25. The van der Waals surface area contributed by atoms with E-state index < -0.39 is 10.8 Å². The monoisotopic (exact) mass is 244 g/mol. The maximum absolute atomic E-state index is 11.0. The number of halogens is 1. The highest BCUT2D eigenvalue weighted by Crippen LogP contribution is 2.12. The van der Waals surface area contributed by atoms with Crippen molar-refractivity contribution in [1.82, 2.24) is 4.34 Å². The maximum atomic E-state index is 11.0.